The average Bonchev–Trinajstić information content (AvgIpc) is 2.73. The van der Waals surface area contributed by atoms with Crippen molar-refractivity contribution in [3.63, 3.8) is 0 Å². The Bertz CT molecular complexity index is 676. The molecule has 2 aromatic carbocycles. The van der Waals surface area contributed by atoms with Gasteiger partial charge in [-0.2, -0.15) is 0 Å². The van der Waals surface area contributed by atoms with E-state index in [1.54, 1.807) is 0 Å². The molecule has 88 valence electrons. The summed E-state index contributed by atoms with van der Waals surface area (Å²) < 4.78 is 12.5. The van der Waals surface area contributed by atoms with Gasteiger partial charge in [0.2, 0.25) is 0 Å². The molecule has 1 aliphatic heterocycles. The number of benzene rings is 2. The minimum absolute atomic E-state index is 0.109. The lowest BCUT2D eigenvalue weighted by Gasteiger charge is -2.23. The van der Waals surface area contributed by atoms with Gasteiger partial charge >= 0.3 is 0 Å². The van der Waals surface area contributed by atoms with Gasteiger partial charge < -0.3 is 0 Å². The maximum absolute atomic E-state index is 12.5. The Morgan fingerprint density at radius 2 is 1.61 bits per heavy atom. The average molecular weight is 252 g/mol. The maximum atomic E-state index is 12.5. The van der Waals surface area contributed by atoms with E-state index in [1.165, 1.54) is 16.7 Å². The highest BCUT2D eigenvalue weighted by atomic mass is 32.2. The Morgan fingerprint density at radius 3 is 2.50 bits per heavy atom. The van der Waals surface area contributed by atoms with Crippen molar-refractivity contribution in [3.8, 4) is 0 Å². The first-order valence-corrected chi connectivity index (χ1v) is 7.34. The van der Waals surface area contributed by atoms with E-state index in [0.29, 0.717) is 0 Å². The maximum Gasteiger partial charge on any atom is 0.0687 e. The van der Waals surface area contributed by atoms with E-state index in [0.717, 1.165) is 4.90 Å². The quantitative estimate of drug-likeness (QED) is 0.703. The predicted octanol–water partition coefficient (Wildman–Crippen LogP) is 3.34. The molecule has 4 rings (SSSR count). The van der Waals surface area contributed by atoms with Crippen LogP contribution in [0.25, 0.3) is 6.08 Å². The van der Waals surface area contributed by atoms with E-state index in [-0.39, 0.29) is 11.2 Å². The normalized spacial score (nSPS) is 27.4. The van der Waals surface area contributed by atoms with Gasteiger partial charge in [0.15, 0.2) is 0 Å². The molecular formula is C16H12OS. The summed E-state index contributed by atoms with van der Waals surface area (Å²) in [6, 6.07) is 16.6. The van der Waals surface area contributed by atoms with E-state index >= 15 is 0 Å². The van der Waals surface area contributed by atoms with Gasteiger partial charge in [0.05, 0.1) is 16.0 Å². The van der Waals surface area contributed by atoms with Crippen LogP contribution in [0.5, 0.6) is 0 Å². The smallest absolute Gasteiger partial charge is 0.0687 e. The molecule has 1 heterocycles. The molecule has 0 amide bonds. The number of hydrogen-bond donors (Lipinski definition) is 0. The van der Waals surface area contributed by atoms with Crippen molar-refractivity contribution in [2.24, 2.45) is 0 Å². The van der Waals surface area contributed by atoms with Crippen molar-refractivity contribution in [2.75, 3.05) is 0 Å². The van der Waals surface area contributed by atoms with Crippen LogP contribution < -0.4 is 0 Å². The summed E-state index contributed by atoms with van der Waals surface area (Å²) in [5.41, 5.74) is 3.80. The molecule has 0 aromatic heterocycles. The molecule has 0 saturated carbocycles. The van der Waals surface area contributed by atoms with Crippen LogP contribution in [0.3, 0.4) is 0 Å². The first kappa shape index (κ1) is 10.3. The summed E-state index contributed by atoms with van der Waals surface area (Å²) in [5, 5.41) is 0.109. The van der Waals surface area contributed by atoms with Gasteiger partial charge in [-0.05, 0) is 22.8 Å². The Balaban J connectivity index is 2.01. The molecule has 0 saturated heterocycles. The SMILES string of the molecule is O=[S@@]1c2ccccc2[C@@H]2c3ccccc3C=C[C@@H]21. The molecule has 18 heavy (non-hydrogen) atoms. The minimum atomic E-state index is -0.908. The second-order valence-corrected chi connectivity index (χ2v) is 6.34. The highest BCUT2D eigenvalue weighted by molar-refractivity contribution is 7.86. The van der Waals surface area contributed by atoms with Crippen molar-refractivity contribution in [1.29, 1.82) is 0 Å². The summed E-state index contributed by atoms with van der Waals surface area (Å²) in [6.07, 6.45) is 4.23. The monoisotopic (exact) mass is 252 g/mol. The van der Waals surface area contributed by atoms with E-state index in [2.05, 4.69) is 42.5 Å². The zero-order valence-electron chi connectivity index (χ0n) is 9.74. The molecule has 0 fully saturated rings. The zero-order chi connectivity index (χ0) is 12.1. The number of hydrogen-bond acceptors (Lipinski definition) is 1. The Hall–Kier alpha value is -1.67. The molecule has 2 aliphatic rings. The molecule has 1 nitrogen and oxygen atoms in total. The van der Waals surface area contributed by atoms with Gasteiger partial charge in [0.25, 0.3) is 0 Å². The molecule has 0 radical (unpaired) electrons. The van der Waals surface area contributed by atoms with Crippen LogP contribution in [0.1, 0.15) is 22.6 Å². The van der Waals surface area contributed by atoms with Crippen molar-refractivity contribution >= 4 is 16.9 Å². The molecule has 0 unspecified atom stereocenters. The third-order valence-corrected chi connectivity index (χ3v) is 5.57. The molecule has 0 N–H and O–H groups in total. The summed E-state index contributed by atoms with van der Waals surface area (Å²) >= 11 is 0. The number of fused-ring (bicyclic) bond motifs is 5. The molecule has 3 atom stereocenters. The topological polar surface area (TPSA) is 17.1 Å². The van der Waals surface area contributed by atoms with Crippen LogP contribution in [-0.4, -0.2) is 9.46 Å². The van der Waals surface area contributed by atoms with Crippen molar-refractivity contribution < 1.29 is 4.21 Å². The predicted molar refractivity (Wildman–Crippen MR) is 74.0 cm³/mol. The van der Waals surface area contributed by atoms with Gasteiger partial charge in [0.1, 0.15) is 0 Å². The lowest BCUT2D eigenvalue weighted by atomic mass is 9.82. The Kier molecular flexibility index (Phi) is 2.09. The van der Waals surface area contributed by atoms with Crippen molar-refractivity contribution in [1.82, 2.24) is 0 Å². The standard InChI is InChI=1S/C16H12OS/c17-18-14-8-4-3-7-13(14)16-12-6-2-1-5-11(12)9-10-15(16)18/h1-10,15-16H/t15-,16-,18+/m0/s1. The van der Waals surface area contributed by atoms with E-state index < -0.39 is 10.8 Å². The molecule has 0 spiro atoms. The molecular weight excluding hydrogens is 240 g/mol. The second-order valence-electron chi connectivity index (χ2n) is 4.77. The molecule has 2 heteroatoms. The summed E-state index contributed by atoms with van der Waals surface area (Å²) in [4.78, 5) is 1.01. The van der Waals surface area contributed by atoms with E-state index in [1.807, 2.05) is 18.2 Å². The van der Waals surface area contributed by atoms with Gasteiger partial charge in [-0.3, -0.25) is 4.21 Å². The van der Waals surface area contributed by atoms with Gasteiger partial charge in [-0.25, -0.2) is 0 Å². The van der Waals surface area contributed by atoms with Gasteiger partial charge in [-0.15, -0.1) is 0 Å². The van der Waals surface area contributed by atoms with Crippen LogP contribution in [-0.2, 0) is 10.8 Å². The van der Waals surface area contributed by atoms with Crippen molar-refractivity contribution in [3.05, 3.63) is 71.3 Å². The number of rotatable bonds is 0. The Labute approximate surface area is 109 Å². The fourth-order valence-electron chi connectivity index (χ4n) is 3.04. The second kappa shape index (κ2) is 3.66. The first-order valence-electron chi connectivity index (χ1n) is 6.13. The zero-order valence-corrected chi connectivity index (χ0v) is 10.6. The lowest BCUT2D eigenvalue weighted by molar-refractivity contribution is 0.678. The third kappa shape index (κ3) is 1.24. The van der Waals surface area contributed by atoms with E-state index in [9.17, 15) is 4.21 Å². The Morgan fingerprint density at radius 1 is 0.889 bits per heavy atom. The van der Waals surface area contributed by atoms with Crippen molar-refractivity contribution in [2.45, 2.75) is 16.1 Å². The summed E-state index contributed by atoms with van der Waals surface area (Å²) in [5.74, 6) is 0.267. The fourth-order valence-corrected chi connectivity index (χ4v) is 4.73. The highest BCUT2D eigenvalue weighted by Gasteiger charge is 2.40. The minimum Gasteiger partial charge on any atom is -0.254 e. The molecule has 0 bridgehead atoms. The summed E-state index contributed by atoms with van der Waals surface area (Å²) in [6.45, 7) is 0. The molecule has 1 aliphatic carbocycles. The third-order valence-electron chi connectivity index (χ3n) is 3.84. The van der Waals surface area contributed by atoms with Gasteiger partial charge in [0, 0.05) is 10.8 Å². The highest BCUT2D eigenvalue weighted by Crippen LogP contribution is 2.46. The largest absolute Gasteiger partial charge is 0.254 e. The van der Waals surface area contributed by atoms with Crippen LogP contribution in [0.15, 0.2) is 59.5 Å². The van der Waals surface area contributed by atoms with E-state index in [4.69, 9.17) is 0 Å². The lowest BCUT2D eigenvalue weighted by Crippen LogP contribution is -2.18. The van der Waals surface area contributed by atoms with Gasteiger partial charge in [-0.1, -0.05) is 54.6 Å². The van der Waals surface area contributed by atoms with Crippen LogP contribution in [0.2, 0.25) is 0 Å². The van der Waals surface area contributed by atoms with Crippen LogP contribution in [0.4, 0.5) is 0 Å². The summed E-state index contributed by atoms with van der Waals surface area (Å²) in [7, 11) is -0.908. The van der Waals surface area contributed by atoms with Crippen LogP contribution >= 0.6 is 0 Å². The fraction of sp³-hybridized carbons (Fsp3) is 0.125. The molecule has 2 aromatic rings. The first-order chi connectivity index (χ1) is 8.86. The van der Waals surface area contributed by atoms with Crippen LogP contribution in [0, 0.1) is 0 Å².